The average Bonchev–Trinajstić information content (AvgIpc) is 2.46. The van der Waals surface area contributed by atoms with Gasteiger partial charge in [-0.25, -0.2) is 0 Å². The lowest BCUT2D eigenvalue weighted by atomic mass is 10.0. The summed E-state index contributed by atoms with van der Waals surface area (Å²) in [6, 6.07) is 14.6. The zero-order valence-electron chi connectivity index (χ0n) is 11.5. The minimum Gasteiger partial charge on any atom is -0.394 e. The third-order valence-electron chi connectivity index (χ3n) is 3.19. The summed E-state index contributed by atoms with van der Waals surface area (Å²) in [6.07, 6.45) is 0. The largest absolute Gasteiger partial charge is 0.394 e. The van der Waals surface area contributed by atoms with E-state index in [4.69, 9.17) is 5.11 Å². The Hall–Kier alpha value is -1.87. The van der Waals surface area contributed by atoms with Crippen LogP contribution in [0.25, 0.3) is 10.8 Å². The zero-order chi connectivity index (χ0) is 13.7. The number of rotatable bonds is 5. The molecule has 0 heterocycles. The van der Waals surface area contributed by atoms with Gasteiger partial charge >= 0.3 is 0 Å². The van der Waals surface area contributed by atoms with Crippen LogP contribution in [0.1, 0.15) is 19.4 Å². The molecule has 2 aromatic carbocycles. The minimum atomic E-state index is 0.125. The first kappa shape index (κ1) is 13.6. The highest BCUT2D eigenvalue weighted by molar-refractivity contribution is 6.09. The van der Waals surface area contributed by atoms with Gasteiger partial charge < -0.3 is 5.11 Å². The van der Waals surface area contributed by atoms with Gasteiger partial charge in [0.2, 0.25) is 0 Å². The lowest BCUT2D eigenvalue weighted by molar-refractivity contribution is 0.207. The summed E-state index contributed by atoms with van der Waals surface area (Å²) in [7, 11) is 0. The monoisotopic (exact) mass is 256 g/mol. The highest BCUT2D eigenvalue weighted by atomic mass is 16.3. The molecule has 0 saturated carbocycles. The molecule has 3 heteroatoms. The van der Waals surface area contributed by atoms with Crippen LogP contribution >= 0.6 is 0 Å². The summed E-state index contributed by atoms with van der Waals surface area (Å²) < 4.78 is 0. The molecule has 100 valence electrons. The van der Waals surface area contributed by atoms with Crippen LogP contribution in [0.15, 0.2) is 47.6 Å². The van der Waals surface area contributed by atoms with E-state index in [1.54, 1.807) is 0 Å². The zero-order valence-corrected chi connectivity index (χ0v) is 11.5. The van der Waals surface area contributed by atoms with Crippen LogP contribution in [0, 0.1) is 0 Å². The Morgan fingerprint density at radius 3 is 2.63 bits per heavy atom. The fourth-order valence-electron chi connectivity index (χ4n) is 2.20. The number of benzene rings is 2. The first-order valence-corrected chi connectivity index (χ1v) is 6.65. The second-order valence-electron chi connectivity index (χ2n) is 4.48. The van der Waals surface area contributed by atoms with Crippen molar-refractivity contribution in [3.8, 4) is 0 Å². The van der Waals surface area contributed by atoms with Gasteiger partial charge in [0.25, 0.3) is 0 Å². The number of hydrazone groups is 1. The maximum absolute atomic E-state index is 9.01. The SMILES string of the molecule is CCN(CCO)/N=C(\C)c1cccc2ccccc12. The van der Waals surface area contributed by atoms with Crippen LogP contribution in [0.2, 0.25) is 0 Å². The second-order valence-corrected chi connectivity index (χ2v) is 4.48. The number of aliphatic hydroxyl groups is 1. The van der Waals surface area contributed by atoms with E-state index >= 15 is 0 Å². The van der Waals surface area contributed by atoms with Crippen LogP contribution in [-0.4, -0.2) is 35.5 Å². The Morgan fingerprint density at radius 2 is 1.89 bits per heavy atom. The number of aliphatic hydroxyl groups excluding tert-OH is 1. The van der Waals surface area contributed by atoms with Crippen LogP contribution in [-0.2, 0) is 0 Å². The molecule has 0 aliphatic heterocycles. The summed E-state index contributed by atoms with van der Waals surface area (Å²) >= 11 is 0. The van der Waals surface area contributed by atoms with Crippen molar-refractivity contribution in [1.82, 2.24) is 5.01 Å². The van der Waals surface area contributed by atoms with Gasteiger partial charge in [0.1, 0.15) is 0 Å². The van der Waals surface area contributed by atoms with Gasteiger partial charge in [-0.2, -0.15) is 5.10 Å². The Morgan fingerprint density at radius 1 is 1.16 bits per heavy atom. The van der Waals surface area contributed by atoms with E-state index in [0.29, 0.717) is 6.54 Å². The van der Waals surface area contributed by atoms with Crippen molar-refractivity contribution in [2.45, 2.75) is 13.8 Å². The van der Waals surface area contributed by atoms with Gasteiger partial charge in [0.15, 0.2) is 0 Å². The minimum absolute atomic E-state index is 0.125. The Kier molecular flexibility index (Phi) is 4.53. The van der Waals surface area contributed by atoms with E-state index in [9.17, 15) is 0 Å². The van der Waals surface area contributed by atoms with E-state index in [0.717, 1.165) is 17.8 Å². The first-order chi connectivity index (χ1) is 9.26. The van der Waals surface area contributed by atoms with Crippen molar-refractivity contribution in [3.63, 3.8) is 0 Å². The molecule has 0 spiro atoms. The van der Waals surface area contributed by atoms with Crippen molar-refractivity contribution >= 4 is 16.5 Å². The Balaban J connectivity index is 2.40. The predicted octanol–water partition coefficient (Wildman–Crippen LogP) is 2.88. The molecule has 3 nitrogen and oxygen atoms in total. The van der Waals surface area contributed by atoms with E-state index in [-0.39, 0.29) is 6.61 Å². The molecular formula is C16H20N2O. The number of hydrogen-bond acceptors (Lipinski definition) is 3. The molecule has 0 saturated heterocycles. The molecule has 0 aliphatic carbocycles. The summed E-state index contributed by atoms with van der Waals surface area (Å²) in [5, 5.41) is 17.9. The topological polar surface area (TPSA) is 35.8 Å². The van der Waals surface area contributed by atoms with Crippen molar-refractivity contribution in [2.24, 2.45) is 5.10 Å². The van der Waals surface area contributed by atoms with E-state index in [2.05, 4.69) is 35.4 Å². The average molecular weight is 256 g/mol. The van der Waals surface area contributed by atoms with Crippen LogP contribution < -0.4 is 0 Å². The third kappa shape index (κ3) is 3.12. The normalized spacial score (nSPS) is 11.8. The molecule has 2 rings (SSSR count). The summed E-state index contributed by atoms with van der Waals surface area (Å²) in [6.45, 7) is 5.54. The maximum atomic E-state index is 9.01. The Labute approximate surface area is 114 Å². The molecule has 0 aliphatic rings. The molecule has 0 atom stereocenters. The molecule has 0 radical (unpaired) electrons. The molecule has 0 aromatic heterocycles. The van der Waals surface area contributed by atoms with Crippen molar-refractivity contribution in [2.75, 3.05) is 19.7 Å². The quantitative estimate of drug-likeness (QED) is 0.659. The lowest BCUT2D eigenvalue weighted by Gasteiger charge is -2.17. The van der Waals surface area contributed by atoms with Gasteiger partial charge in [-0.1, -0.05) is 42.5 Å². The van der Waals surface area contributed by atoms with Crippen molar-refractivity contribution < 1.29 is 5.11 Å². The van der Waals surface area contributed by atoms with Gasteiger partial charge in [-0.05, 0) is 24.6 Å². The van der Waals surface area contributed by atoms with Gasteiger partial charge in [0, 0.05) is 12.1 Å². The molecule has 0 bridgehead atoms. The van der Waals surface area contributed by atoms with Gasteiger partial charge in [-0.15, -0.1) is 0 Å². The predicted molar refractivity (Wildman–Crippen MR) is 80.5 cm³/mol. The number of fused-ring (bicyclic) bond motifs is 1. The molecular weight excluding hydrogens is 236 g/mol. The van der Waals surface area contributed by atoms with Crippen LogP contribution in [0.5, 0.6) is 0 Å². The number of hydrogen-bond donors (Lipinski definition) is 1. The van der Waals surface area contributed by atoms with Gasteiger partial charge in [-0.3, -0.25) is 5.01 Å². The Bertz CT molecular complexity index is 572. The number of nitrogens with zero attached hydrogens (tertiary/aromatic N) is 2. The van der Waals surface area contributed by atoms with Gasteiger partial charge in [0.05, 0.1) is 18.9 Å². The first-order valence-electron chi connectivity index (χ1n) is 6.65. The third-order valence-corrected chi connectivity index (χ3v) is 3.19. The summed E-state index contributed by atoms with van der Waals surface area (Å²) in [4.78, 5) is 0. The van der Waals surface area contributed by atoms with E-state index in [1.807, 2.05) is 31.0 Å². The summed E-state index contributed by atoms with van der Waals surface area (Å²) in [5.41, 5.74) is 2.13. The maximum Gasteiger partial charge on any atom is 0.0652 e. The van der Waals surface area contributed by atoms with Crippen molar-refractivity contribution in [1.29, 1.82) is 0 Å². The highest BCUT2D eigenvalue weighted by Gasteiger charge is 2.05. The number of likely N-dealkylation sites (N-methyl/N-ethyl adjacent to an activating group) is 1. The fraction of sp³-hybridized carbons (Fsp3) is 0.312. The van der Waals surface area contributed by atoms with E-state index < -0.39 is 0 Å². The lowest BCUT2D eigenvalue weighted by Crippen LogP contribution is -2.22. The smallest absolute Gasteiger partial charge is 0.0652 e. The molecule has 2 aromatic rings. The summed E-state index contributed by atoms with van der Waals surface area (Å²) in [5.74, 6) is 0. The molecule has 0 fully saturated rings. The molecule has 0 unspecified atom stereocenters. The van der Waals surface area contributed by atoms with Crippen LogP contribution in [0.4, 0.5) is 0 Å². The molecule has 19 heavy (non-hydrogen) atoms. The molecule has 1 N–H and O–H groups in total. The van der Waals surface area contributed by atoms with E-state index in [1.165, 1.54) is 10.8 Å². The molecule has 0 amide bonds. The second kappa shape index (κ2) is 6.34. The standard InChI is InChI=1S/C16H20N2O/c1-3-18(11-12-19)17-13(2)15-10-6-8-14-7-4-5-9-16(14)15/h4-10,19H,3,11-12H2,1-2H3/b17-13+. The fourth-order valence-corrected chi connectivity index (χ4v) is 2.20. The van der Waals surface area contributed by atoms with Crippen LogP contribution in [0.3, 0.4) is 0 Å². The highest BCUT2D eigenvalue weighted by Crippen LogP contribution is 2.19. The van der Waals surface area contributed by atoms with Crippen molar-refractivity contribution in [3.05, 3.63) is 48.0 Å².